The smallest absolute Gasteiger partial charge is 0.125 e. The lowest BCUT2D eigenvalue weighted by atomic mass is 10.1. The summed E-state index contributed by atoms with van der Waals surface area (Å²) < 4.78 is 7.78. The molecule has 0 fully saturated rings. The van der Waals surface area contributed by atoms with Gasteiger partial charge >= 0.3 is 0 Å². The molecule has 1 aromatic carbocycles. The third kappa shape index (κ3) is 3.83. The Labute approximate surface area is 113 Å². The molecule has 2 rings (SSSR count). The Balaban J connectivity index is 1.88. The summed E-state index contributed by atoms with van der Waals surface area (Å²) in [6.07, 6.45) is 5.90. The third-order valence-corrected chi connectivity index (χ3v) is 2.99. The molecule has 0 aliphatic rings. The Morgan fingerprint density at radius 3 is 2.95 bits per heavy atom. The zero-order chi connectivity index (χ0) is 13.7. The Morgan fingerprint density at radius 1 is 1.42 bits per heavy atom. The molecule has 0 saturated heterocycles. The van der Waals surface area contributed by atoms with E-state index in [9.17, 15) is 5.11 Å². The molecule has 1 aromatic heterocycles. The van der Waals surface area contributed by atoms with E-state index >= 15 is 0 Å². The van der Waals surface area contributed by atoms with Crippen molar-refractivity contribution >= 4 is 0 Å². The highest BCUT2D eigenvalue weighted by Gasteiger charge is 2.09. The second-order valence-electron chi connectivity index (χ2n) is 4.72. The van der Waals surface area contributed by atoms with E-state index in [1.807, 2.05) is 35.9 Å². The van der Waals surface area contributed by atoms with Crippen molar-refractivity contribution in [2.45, 2.75) is 32.9 Å². The third-order valence-electron chi connectivity index (χ3n) is 2.99. The van der Waals surface area contributed by atoms with Crippen molar-refractivity contribution < 1.29 is 9.84 Å². The molecule has 0 spiro atoms. The summed E-state index contributed by atoms with van der Waals surface area (Å²) in [5.74, 6) is 0.770. The number of ether oxygens (including phenoxy) is 1. The number of aliphatic hydroxyl groups is 1. The molecule has 4 nitrogen and oxygen atoms in total. The van der Waals surface area contributed by atoms with Crippen LogP contribution in [0.15, 0.2) is 36.9 Å². The van der Waals surface area contributed by atoms with Crippen LogP contribution in [0, 0.1) is 6.92 Å². The molecule has 19 heavy (non-hydrogen) atoms. The minimum absolute atomic E-state index is 0.511. The molecule has 0 radical (unpaired) electrons. The average Bonchev–Trinajstić information content (AvgIpc) is 2.89. The number of imidazole rings is 1. The predicted octanol–water partition coefficient (Wildman–Crippen LogP) is 2.71. The van der Waals surface area contributed by atoms with Crippen LogP contribution in [0.5, 0.6) is 5.75 Å². The van der Waals surface area contributed by atoms with Gasteiger partial charge in [-0.15, -0.1) is 0 Å². The summed E-state index contributed by atoms with van der Waals surface area (Å²) in [5, 5.41) is 9.74. The van der Waals surface area contributed by atoms with Crippen LogP contribution in [0.25, 0.3) is 0 Å². The van der Waals surface area contributed by atoms with Crippen LogP contribution in [-0.2, 0) is 6.54 Å². The first-order valence-electron chi connectivity index (χ1n) is 6.54. The van der Waals surface area contributed by atoms with Crippen molar-refractivity contribution in [1.29, 1.82) is 0 Å². The number of hydrogen-bond acceptors (Lipinski definition) is 3. The topological polar surface area (TPSA) is 47.3 Å². The molecule has 2 aromatic rings. The van der Waals surface area contributed by atoms with Crippen molar-refractivity contribution in [3.05, 3.63) is 48.0 Å². The van der Waals surface area contributed by atoms with Crippen LogP contribution < -0.4 is 4.74 Å². The van der Waals surface area contributed by atoms with E-state index < -0.39 is 6.10 Å². The number of aryl methyl sites for hydroxylation is 2. The van der Waals surface area contributed by atoms with E-state index in [0.717, 1.165) is 29.8 Å². The lowest BCUT2D eigenvalue weighted by molar-refractivity contribution is 0.190. The van der Waals surface area contributed by atoms with Gasteiger partial charge in [-0.05, 0) is 32.4 Å². The SMILES string of the molecule is Cc1ccc(OCCCn2ccnc2)c([C@H](C)O)c1. The molecule has 0 aliphatic heterocycles. The van der Waals surface area contributed by atoms with E-state index in [1.54, 1.807) is 19.4 Å². The molecular weight excluding hydrogens is 240 g/mol. The largest absolute Gasteiger partial charge is 0.493 e. The van der Waals surface area contributed by atoms with Gasteiger partial charge in [-0.25, -0.2) is 4.98 Å². The van der Waals surface area contributed by atoms with Crippen LogP contribution in [0.1, 0.15) is 30.6 Å². The summed E-state index contributed by atoms with van der Waals surface area (Å²) in [5.41, 5.74) is 1.98. The van der Waals surface area contributed by atoms with Crippen molar-refractivity contribution in [1.82, 2.24) is 9.55 Å². The fourth-order valence-corrected chi connectivity index (χ4v) is 1.97. The molecule has 1 N–H and O–H groups in total. The van der Waals surface area contributed by atoms with Gasteiger partial charge in [0.05, 0.1) is 19.0 Å². The number of aliphatic hydroxyl groups excluding tert-OH is 1. The zero-order valence-corrected chi connectivity index (χ0v) is 11.4. The molecule has 1 heterocycles. The number of hydrogen-bond donors (Lipinski definition) is 1. The number of aromatic nitrogens is 2. The molecular formula is C15H20N2O2. The lowest BCUT2D eigenvalue weighted by Crippen LogP contribution is -2.05. The van der Waals surface area contributed by atoms with Gasteiger partial charge in [0.15, 0.2) is 0 Å². The molecule has 4 heteroatoms. The number of rotatable bonds is 6. The van der Waals surface area contributed by atoms with Gasteiger partial charge < -0.3 is 14.4 Å². The Bertz CT molecular complexity index is 507. The van der Waals surface area contributed by atoms with E-state index in [2.05, 4.69) is 4.98 Å². The van der Waals surface area contributed by atoms with Gasteiger partial charge in [0, 0.05) is 24.5 Å². The van der Waals surface area contributed by atoms with Crippen LogP contribution >= 0.6 is 0 Å². The monoisotopic (exact) mass is 260 g/mol. The first kappa shape index (κ1) is 13.6. The fourth-order valence-electron chi connectivity index (χ4n) is 1.97. The molecule has 102 valence electrons. The van der Waals surface area contributed by atoms with E-state index in [1.165, 1.54) is 0 Å². The fraction of sp³-hybridized carbons (Fsp3) is 0.400. The highest BCUT2D eigenvalue weighted by Crippen LogP contribution is 2.26. The minimum atomic E-state index is -0.511. The van der Waals surface area contributed by atoms with Gasteiger partial charge in [0.2, 0.25) is 0 Å². The van der Waals surface area contributed by atoms with Crippen molar-refractivity contribution in [3.8, 4) is 5.75 Å². The molecule has 0 amide bonds. The molecule has 1 atom stereocenters. The normalized spacial score (nSPS) is 12.4. The lowest BCUT2D eigenvalue weighted by Gasteiger charge is -2.14. The van der Waals surface area contributed by atoms with Crippen LogP contribution in [0.4, 0.5) is 0 Å². The molecule has 0 bridgehead atoms. The van der Waals surface area contributed by atoms with Crippen LogP contribution in [-0.4, -0.2) is 21.3 Å². The van der Waals surface area contributed by atoms with Gasteiger partial charge in [0.25, 0.3) is 0 Å². The van der Waals surface area contributed by atoms with Crippen LogP contribution in [0.2, 0.25) is 0 Å². The van der Waals surface area contributed by atoms with Gasteiger partial charge in [-0.3, -0.25) is 0 Å². The molecule has 0 unspecified atom stereocenters. The average molecular weight is 260 g/mol. The highest BCUT2D eigenvalue weighted by molar-refractivity contribution is 5.38. The maximum Gasteiger partial charge on any atom is 0.125 e. The second kappa shape index (κ2) is 6.38. The summed E-state index contributed by atoms with van der Waals surface area (Å²) in [7, 11) is 0. The minimum Gasteiger partial charge on any atom is -0.493 e. The van der Waals surface area contributed by atoms with E-state index in [0.29, 0.717) is 6.61 Å². The maximum atomic E-state index is 9.74. The summed E-state index contributed by atoms with van der Waals surface area (Å²) in [4.78, 5) is 4.00. The Kier molecular flexibility index (Phi) is 4.58. The Hall–Kier alpha value is -1.81. The quantitative estimate of drug-likeness (QED) is 0.812. The highest BCUT2D eigenvalue weighted by atomic mass is 16.5. The predicted molar refractivity (Wildman–Crippen MR) is 74.2 cm³/mol. The second-order valence-corrected chi connectivity index (χ2v) is 4.72. The summed E-state index contributed by atoms with van der Waals surface area (Å²) in [6.45, 7) is 5.28. The van der Waals surface area contributed by atoms with Crippen molar-refractivity contribution in [2.75, 3.05) is 6.61 Å². The first-order valence-corrected chi connectivity index (χ1v) is 6.54. The summed E-state index contributed by atoms with van der Waals surface area (Å²) >= 11 is 0. The first-order chi connectivity index (χ1) is 9.16. The van der Waals surface area contributed by atoms with Crippen LogP contribution in [0.3, 0.4) is 0 Å². The number of benzene rings is 1. The summed E-state index contributed by atoms with van der Waals surface area (Å²) in [6, 6.07) is 5.89. The standard InChI is InChI=1S/C15H20N2O2/c1-12-4-5-15(14(10-12)13(2)18)19-9-3-7-17-8-6-16-11-17/h4-6,8,10-11,13,18H,3,7,9H2,1-2H3/t13-/m0/s1. The van der Waals surface area contributed by atoms with Crippen molar-refractivity contribution in [3.63, 3.8) is 0 Å². The Morgan fingerprint density at radius 2 is 2.26 bits per heavy atom. The molecule has 0 saturated carbocycles. The van der Waals surface area contributed by atoms with Gasteiger partial charge in [-0.1, -0.05) is 11.6 Å². The van der Waals surface area contributed by atoms with Crippen molar-refractivity contribution in [2.24, 2.45) is 0 Å². The number of nitrogens with zero attached hydrogens (tertiary/aromatic N) is 2. The van der Waals surface area contributed by atoms with Gasteiger partial charge in [-0.2, -0.15) is 0 Å². The zero-order valence-electron chi connectivity index (χ0n) is 11.4. The molecule has 0 aliphatic carbocycles. The van der Waals surface area contributed by atoms with E-state index in [-0.39, 0.29) is 0 Å². The maximum absolute atomic E-state index is 9.74. The van der Waals surface area contributed by atoms with E-state index in [4.69, 9.17) is 4.74 Å². The van der Waals surface area contributed by atoms with Gasteiger partial charge in [0.1, 0.15) is 5.75 Å².